The van der Waals surface area contributed by atoms with E-state index >= 15 is 0 Å². The van der Waals surface area contributed by atoms with Gasteiger partial charge in [0.25, 0.3) is 12.3 Å². The normalized spacial score (nSPS) is 20.5. The van der Waals surface area contributed by atoms with Crippen molar-refractivity contribution in [2.45, 2.75) is 25.1 Å². The number of nitrogens with one attached hydrogen (secondary N) is 2. The van der Waals surface area contributed by atoms with Gasteiger partial charge in [0.05, 0.1) is 75.4 Å². The molecule has 0 saturated carbocycles. The predicted octanol–water partition coefficient (Wildman–Crippen LogP) is 3.54. The van der Waals surface area contributed by atoms with Crippen molar-refractivity contribution >= 4 is 58.0 Å². The number of ether oxygens (including phenoxy) is 4. The van der Waals surface area contributed by atoms with Crippen LogP contribution in [0.5, 0.6) is 0 Å². The highest BCUT2D eigenvalue weighted by molar-refractivity contribution is 7.80. The molecule has 4 fully saturated rings. The molecule has 0 aromatic heterocycles. The van der Waals surface area contributed by atoms with Gasteiger partial charge in [0.2, 0.25) is 0 Å². The van der Waals surface area contributed by atoms with Crippen LogP contribution in [-0.4, -0.2) is 127 Å². The molecule has 0 unspecified atom stereocenters. The van der Waals surface area contributed by atoms with Gasteiger partial charge in [-0.1, -0.05) is 12.2 Å². The quantitative estimate of drug-likeness (QED) is 0.273. The number of thiocarbonyl (C=S) groups is 1. The summed E-state index contributed by atoms with van der Waals surface area (Å²) in [6.07, 6.45) is -8.71. The number of alkyl halides is 4. The average molecular weight is 763 g/mol. The summed E-state index contributed by atoms with van der Waals surface area (Å²) in [7, 11) is 0. The SMILES string of the molecule is O=C(NC[C@H]1CN(c2ccc(N3CCOCC3)c(F)c2)C(=O)O1)C(F)F.O=C1O[C@@H](CNC(=S)C(F)F)CN1c1ccc(N2CCOCC2)c(F)c1. The van der Waals surface area contributed by atoms with E-state index in [1.165, 1.54) is 21.9 Å². The molecule has 0 bridgehead atoms. The molecule has 0 aliphatic carbocycles. The summed E-state index contributed by atoms with van der Waals surface area (Å²) in [5.74, 6) is -2.36. The summed E-state index contributed by atoms with van der Waals surface area (Å²) in [4.78, 5) is 40.5. The minimum Gasteiger partial charge on any atom is -0.442 e. The van der Waals surface area contributed by atoms with Gasteiger partial charge < -0.3 is 39.4 Å². The lowest BCUT2D eigenvalue weighted by Crippen LogP contribution is -2.37. The van der Waals surface area contributed by atoms with E-state index in [1.54, 1.807) is 24.3 Å². The van der Waals surface area contributed by atoms with Crippen LogP contribution in [0.25, 0.3) is 0 Å². The number of benzene rings is 2. The molecule has 13 nitrogen and oxygen atoms in total. The van der Waals surface area contributed by atoms with Crippen LogP contribution in [0, 0.1) is 11.6 Å². The van der Waals surface area contributed by atoms with Crippen LogP contribution >= 0.6 is 12.2 Å². The number of amides is 3. The number of nitrogens with zero attached hydrogens (tertiary/aromatic N) is 4. The van der Waals surface area contributed by atoms with Crippen molar-refractivity contribution in [3.8, 4) is 0 Å². The molecule has 6 rings (SSSR count). The number of hydrogen-bond acceptors (Lipinski definition) is 10. The molecule has 2 N–H and O–H groups in total. The third-order valence-electron chi connectivity index (χ3n) is 8.34. The zero-order valence-electron chi connectivity index (χ0n) is 27.6. The van der Waals surface area contributed by atoms with Crippen molar-refractivity contribution < 1.29 is 59.7 Å². The van der Waals surface area contributed by atoms with Gasteiger partial charge in [-0.05, 0) is 36.4 Å². The van der Waals surface area contributed by atoms with E-state index in [9.17, 15) is 40.7 Å². The van der Waals surface area contributed by atoms with Gasteiger partial charge in [0.1, 0.15) is 28.8 Å². The lowest BCUT2D eigenvalue weighted by molar-refractivity contribution is -0.132. The highest BCUT2D eigenvalue weighted by atomic mass is 32.1. The van der Waals surface area contributed by atoms with Crippen LogP contribution < -0.4 is 30.2 Å². The first-order chi connectivity index (χ1) is 24.9. The highest BCUT2D eigenvalue weighted by Crippen LogP contribution is 2.30. The predicted molar refractivity (Wildman–Crippen MR) is 180 cm³/mol. The monoisotopic (exact) mass is 762 g/mol. The van der Waals surface area contributed by atoms with Crippen LogP contribution in [0.3, 0.4) is 0 Å². The Hall–Kier alpha value is -4.56. The van der Waals surface area contributed by atoms with Gasteiger partial charge in [0, 0.05) is 26.2 Å². The summed E-state index contributed by atoms with van der Waals surface area (Å²) in [5, 5.41) is 4.36. The lowest BCUT2D eigenvalue weighted by Gasteiger charge is -2.29. The molecule has 284 valence electrons. The maximum absolute atomic E-state index is 14.5. The Kier molecular flexibility index (Phi) is 13.2. The molecule has 2 aromatic carbocycles. The molecule has 4 aliphatic heterocycles. The molecule has 0 radical (unpaired) electrons. The number of rotatable bonds is 10. The van der Waals surface area contributed by atoms with Crippen molar-refractivity contribution in [3.63, 3.8) is 0 Å². The van der Waals surface area contributed by atoms with Gasteiger partial charge in [-0.3, -0.25) is 14.6 Å². The number of carbonyl (C=O) groups excluding carboxylic acids is 3. The topological polar surface area (TPSA) is 125 Å². The Bertz CT molecular complexity index is 1490. The summed E-state index contributed by atoms with van der Waals surface area (Å²) in [6, 6.07) is 8.91. The van der Waals surface area contributed by atoms with Crippen LogP contribution in [-0.2, 0) is 23.7 Å². The molecular formula is C32H36F6N6O7S. The Morgan fingerprint density at radius 2 is 1.13 bits per heavy atom. The maximum Gasteiger partial charge on any atom is 0.414 e. The van der Waals surface area contributed by atoms with E-state index in [0.29, 0.717) is 75.4 Å². The van der Waals surface area contributed by atoms with Crippen LogP contribution in [0.2, 0.25) is 0 Å². The molecule has 52 heavy (non-hydrogen) atoms. The number of cyclic esters (lactones) is 2. The van der Waals surface area contributed by atoms with Crippen LogP contribution in [0.4, 0.5) is 58.7 Å². The van der Waals surface area contributed by atoms with E-state index < -0.39 is 59.8 Å². The number of hydrogen-bond donors (Lipinski definition) is 2. The first-order valence-electron chi connectivity index (χ1n) is 16.2. The number of morpholine rings is 2. The van der Waals surface area contributed by atoms with Crippen LogP contribution in [0.15, 0.2) is 36.4 Å². The fraction of sp³-hybridized carbons (Fsp3) is 0.500. The first-order valence-corrected chi connectivity index (χ1v) is 16.6. The summed E-state index contributed by atoms with van der Waals surface area (Å²) >= 11 is 4.48. The van der Waals surface area contributed by atoms with Gasteiger partial charge in [-0.15, -0.1) is 0 Å². The average Bonchev–Trinajstić information content (AvgIpc) is 3.71. The molecule has 2 atom stereocenters. The minimum absolute atomic E-state index is 0.0265. The van der Waals surface area contributed by atoms with Gasteiger partial charge >= 0.3 is 18.6 Å². The second-order valence-electron chi connectivity index (χ2n) is 11.8. The Balaban J connectivity index is 0.000000201. The molecule has 2 aromatic rings. The van der Waals surface area contributed by atoms with Crippen molar-refractivity contribution in [1.82, 2.24) is 10.6 Å². The third-order valence-corrected chi connectivity index (χ3v) is 8.66. The summed E-state index contributed by atoms with van der Waals surface area (Å²) < 4.78 is 98.7. The van der Waals surface area contributed by atoms with Crippen molar-refractivity contribution in [1.29, 1.82) is 0 Å². The standard InChI is InChI=1S/C16H18F3N3O4.C16H18F3N3O3S/c17-12-7-10(1-2-13(12)21-3-5-25-6-4-21)22-9-11(26-16(22)24)8-20-15(23)14(18)19;17-12-7-10(1-2-13(12)21-3-5-24-6-4-21)22-9-11(25-16(22)23)8-20-15(26)14(18)19/h1-2,7,11,14H,3-6,8-9H2,(H,20,23);1-2,7,11,14H,3-6,8-9H2,(H,20,26)/t2*11-/m00/s1. The van der Waals surface area contributed by atoms with E-state index in [4.69, 9.17) is 18.9 Å². The zero-order valence-corrected chi connectivity index (χ0v) is 28.4. The van der Waals surface area contributed by atoms with Crippen LogP contribution in [0.1, 0.15) is 0 Å². The van der Waals surface area contributed by atoms with E-state index in [2.05, 4.69) is 17.5 Å². The van der Waals surface area contributed by atoms with E-state index in [0.717, 1.165) is 0 Å². The molecule has 0 spiro atoms. The smallest absolute Gasteiger partial charge is 0.414 e. The molecule has 4 saturated heterocycles. The molecule has 3 amide bonds. The molecule has 4 aliphatic rings. The van der Waals surface area contributed by atoms with E-state index in [-0.39, 0.29) is 26.2 Å². The van der Waals surface area contributed by atoms with Crippen molar-refractivity contribution in [2.75, 3.05) is 98.4 Å². The second-order valence-corrected chi connectivity index (χ2v) is 12.2. The Labute approximate surface area is 299 Å². The zero-order chi connectivity index (χ0) is 37.4. The fourth-order valence-corrected chi connectivity index (χ4v) is 5.79. The van der Waals surface area contributed by atoms with Crippen molar-refractivity contribution in [3.05, 3.63) is 48.0 Å². The van der Waals surface area contributed by atoms with Crippen molar-refractivity contribution in [2.24, 2.45) is 0 Å². The first kappa shape index (κ1) is 38.7. The Morgan fingerprint density at radius 1 is 0.712 bits per heavy atom. The summed E-state index contributed by atoms with van der Waals surface area (Å²) in [6.45, 7) is 4.34. The maximum atomic E-state index is 14.5. The molecule has 4 heterocycles. The molecule has 20 heteroatoms. The third kappa shape index (κ3) is 9.85. The minimum atomic E-state index is -3.13. The number of carbonyl (C=O) groups is 3. The Morgan fingerprint density at radius 3 is 1.52 bits per heavy atom. The highest BCUT2D eigenvalue weighted by Gasteiger charge is 2.35. The summed E-state index contributed by atoms with van der Waals surface area (Å²) in [5.41, 5.74) is 1.52. The van der Waals surface area contributed by atoms with Gasteiger partial charge in [0.15, 0.2) is 0 Å². The van der Waals surface area contributed by atoms with Gasteiger partial charge in [-0.2, -0.15) is 8.78 Å². The second kappa shape index (κ2) is 17.8. The molecular weight excluding hydrogens is 726 g/mol. The lowest BCUT2D eigenvalue weighted by atomic mass is 10.2. The van der Waals surface area contributed by atoms with Gasteiger partial charge in [-0.25, -0.2) is 27.2 Å². The largest absolute Gasteiger partial charge is 0.442 e. The fourth-order valence-electron chi connectivity index (χ4n) is 5.71. The number of anilines is 4. The van der Waals surface area contributed by atoms with E-state index in [1.807, 2.05) is 15.1 Å². The number of halogens is 6.